The number of para-hydroxylation sites is 2. The van der Waals surface area contributed by atoms with Gasteiger partial charge in [0.2, 0.25) is 35.6 Å². The van der Waals surface area contributed by atoms with Gasteiger partial charge in [-0.15, -0.1) is 0 Å². The van der Waals surface area contributed by atoms with E-state index in [1.54, 1.807) is 9.80 Å². The van der Waals surface area contributed by atoms with Crippen LogP contribution in [-0.4, -0.2) is 159 Å². The van der Waals surface area contributed by atoms with Crippen molar-refractivity contribution in [2.75, 3.05) is 60.7 Å². The number of rotatable bonds is 14. The molecule has 2 amide bonds. The summed E-state index contributed by atoms with van der Waals surface area (Å²) >= 11 is 0. The van der Waals surface area contributed by atoms with Gasteiger partial charge in [-0.2, -0.15) is 19.9 Å². The van der Waals surface area contributed by atoms with E-state index in [4.69, 9.17) is 50.1 Å². The number of hydrogen-bond donors (Lipinski definition) is 8. The number of aliphatic hydroxyl groups excluding tert-OH is 2. The van der Waals surface area contributed by atoms with Crippen LogP contribution < -0.4 is 31.9 Å². The van der Waals surface area contributed by atoms with E-state index in [9.17, 15) is 9.59 Å². The standard InChI is InChI=1S/C27H31N7O2.C25H29N7.C25H26N6O2.C23H24N6.CH4/c1-16-3-6-19(7-4-16)34-23-13-28-17(2)11-20(23)21-12-29-27(32-26(21)34)31-24-8-5-18-14-33(25(36)15-35)10-9-22(18)30-24;1-15-3-6-18(7-4-15)32-22-14-27-16(2)11-19(22)20-13-28-25(31-24(20)32)30-23-8-5-17-12-26-10-9-21(17)29-23;32-15-23(33)30-12-11-20-16(14-30)9-10-22(27-20)28-25-26-13-19-18-7-3-4-8-21(18)31(24(19)29-25)17-5-1-2-6-17;1-2-6-16(5-1)29-20-8-4-3-7-17(20)18-14-25-23(28-22(18)29)27-21-10-9-15-13-24-12-11-19(15)26-21;/h5,8,11-13,16,19,35H,3-4,6-7,9-10,14-15H2,1-2H3,(H,29,30,31,32);5,8,11,13-15,18,26H,3-4,6-7,9-10,12H2,1-2H3,(H,28,29,30,31);3-4,7-10,13,17,32H,1-2,5-6,11-12,14-15H2,(H,26,27,28,29);3-4,7-10,14,16,24H,1-2,5-6,11-13H2,(H,25,26,27,28);1H4. The number of carbonyl (C=O) groups excluding carboxylic acids is 2. The summed E-state index contributed by atoms with van der Waals surface area (Å²) in [5, 5.41) is 47.5. The molecule has 0 unspecified atom stereocenters. The summed E-state index contributed by atoms with van der Waals surface area (Å²) in [6.07, 6.45) is 34.5. The summed E-state index contributed by atoms with van der Waals surface area (Å²) in [5.41, 5.74) is 19.5. The van der Waals surface area contributed by atoms with Crippen LogP contribution in [0.1, 0.15) is 205 Å². The number of nitrogens with one attached hydrogen (secondary N) is 6. The average molecular weight is 1760 g/mol. The summed E-state index contributed by atoms with van der Waals surface area (Å²) in [5.74, 6) is 6.32. The van der Waals surface area contributed by atoms with Crippen molar-refractivity contribution in [3.63, 3.8) is 0 Å². The van der Waals surface area contributed by atoms with Crippen molar-refractivity contribution in [2.24, 2.45) is 11.8 Å². The minimum atomic E-state index is -0.464. The normalized spacial score (nSPS) is 18.6. The smallest absolute Gasteiger partial charge is 0.248 e. The van der Waals surface area contributed by atoms with Gasteiger partial charge in [0.15, 0.2) is 0 Å². The highest BCUT2D eigenvalue weighted by Crippen LogP contribution is 2.44. The van der Waals surface area contributed by atoms with Crippen LogP contribution in [0.15, 0.2) is 146 Å². The number of fused-ring (bicyclic) bond motifs is 16. The van der Waals surface area contributed by atoms with Crippen LogP contribution in [0.5, 0.6) is 0 Å². The maximum atomic E-state index is 11.9. The van der Waals surface area contributed by atoms with E-state index in [0.29, 0.717) is 98.6 Å². The Morgan fingerprint density at radius 1 is 0.359 bits per heavy atom. The van der Waals surface area contributed by atoms with E-state index >= 15 is 0 Å². The van der Waals surface area contributed by atoms with E-state index in [2.05, 4.69) is 167 Å². The molecule has 4 fully saturated rings. The lowest BCUT2D eigenvalue weighted by molar-refractivity contribution is -0.135. The number of pyridine rings is 6. The van der Waals surface area contributed by atoms with Crippen molar-refractivity contribution in [3.05, 3.63) is 203 Å². The van der Waals surface area contributed by atoms with E-state index in [-0.39, 0.29) is 19.2 Å². The molecule has 0 atom stereocenters. The molecule has 0 spiro atoms. The average Bonchev–Trinajstić information content (AvgIpc) is 1.61. The van der Waals surface area contributed by atoms with Gasteiger partial charge in [0.1, 0.15) is 59.1 Å². The zero-order chi connectivity index (χ0) is 88.0. The highest BCUT2D eigenvalue weighted by Gasteiger charge is 2.32. The fourth-order valence-corrected chi connectivity index (χ4v) is 21.1. The number of benzene rings is 2. The molecule has 0 radical (unpaired) electrons. The van der Waals surface area contributed by atoms with E-state index in [0.717, 1.165) is 181 Å². The number of hydrogen-bond acceptors (Lipinski definition) is 24. The molecule has 4 aliphatic heterocycles. The van der Waals surface area contributed by atoms with Crippen molar-refractivity contribution >= 4 is 147 Å². The molecule has 4 aliphatic carbocycles. The van der Waals surface area contributed by atoms with Crippen molar-refractivity contribution in [1.82, 2.24) is 108 Å². The topological polar surface area (TPSA) is 353 Å². The highest BCUT2D eigenvalue weighted by atomic mass is 16.3. The second-order valence-electron chi connectivity index (χ2n) is 36.6. The first-order valence-corrected chi connectivity index (χ1v) is 46.7. The zero-order valence-electron chi connectivity index (χ0n) is 74.2. The third-order valence-corrected chi connectivity index (χ3v) is 28.0. The first-order chi connectivity index (χ1) is 63.7. The van der Waals surface area contributed by atoms with Crippen molar-refractivity contribution in [1.29, 1.82) is 0 Å². The van der Waals surface area contributed by atoms with Crippen LogP contribution in [0.25, 0.3) is 87.7 Å². The van der Waals surface area contributed by atoms with Crippen LogP contribution in [0.2, 0.25) is 0 Å². The number of amides is 2. The fraction of sp³-hybridized carbons (Fsp3) is 0.406. The third-order valence-electron chi connectivity index (χ3n) is 28.0. The van der Waals surface area contributed by atoms with Gasteiger partial charge in [0, 0.05) is 204 Å². The van der Waals surface area contributed by atoms with Gasteiger partial charge >= 0.3 is 0 Å². The predicted octanol–water partition coefficient (Wildman–Crippen LogP) is 17.7. The lowest BCUT2D eigenvalue weighted by Crippen LogP contribution is -2.37. The zero-order valence-corrected chi connectivity index (χ0v) is 74.2. The Morgan fingerprint density at radius 2 is 0.679 bits per heavy atom. The minimum Gasteiger partial charge on any atom is -0.387 e. The Bertz CT molecular complexity index is 6970. The molecule has 30 nitrogen and oxygen atoms in total. The molecule has 18 heterocycles. The lowest BCUT2D eigenvalue weighted by atomic mass is 9.87. The van der Waals surface area contributed by atoms with Gasteiger partial charge in [-0.3, -0.25) is 19.6 Å². The molecule has 16 aromatic rings. The third kappa shape index (κ3) is 17.5. The van der Waals surface area contributed by atoms with Gasteiger partial charge < -0.3 is 70.2 Å². The summed E-state index contributed by atoms with van der Waals surface area (Å²) in [6, 6.07) is 39.3. The molecular weight excluding hydrogens is 1640 g/mol. The predicted molar refractivity (Wildman–Crippen MR) is 514 cm³/mol. The molecule has 0 saturated heterocycles. The fourth-order valence-electron chi connectivity index (χ4n) is 21.1. The second-order valence-corrected chi connectivity index (χ2v) is 36.6. The molecule has 8 aliphatic rings. The molecule has 24 rings (SSSR count). The second kappa shape index (κ2) is 37.4. The number of aliphatic hydroxyl groups is 2. The monoisotopic (exact) mass is 1750 g/mol. The van der Waals surface area contributed by atoms with Gasteiger partial charge in [-0.05, 0) is 174 Å². The number of nitrogens with zero attached hydrogens (tertiary/aromatic N) is 20. The summed E-state index contributed by atoms with van der Waals surface area (Å²) in [7, 11) is 0. The Balaban J connectivity index is 0.000000109. The van der Waals surface area contributed by atoms with Crippen LogP contribution in [-0.2, 0) is 61.5 Å². The maximum absolute atomic E-state index is 11.9. The highest BCUT2D eigenvalue weighted by molar-refractivity contribution is 6.09. The van der Waals surface area contributed by atoms with Gasteiger partial charge in [0.25, 0.3) is 0 Å². The number of carbonyl (C=O) groups is 2. The van der Waals surface area contributed by atoms with Gasteiger partial charge in [0.05, 0.1) is 34.5 Å². The quantitative estimate of drug-likeness (QED) is 0.0501. The minimum absolute atomic E-state index is 0. The largest absolute Gasteiger partial charge is 0.387 e. The number of anilines is 8. The molecule has 4 saturated carbocycles. The molecule has 2 aromatic carbocycles. The van der Waals surface area contributed by atoms with E-state index in [1.165, 1.54) is 128 Å². The molecular formula is C101H114N26O4. The van der Waals surface area contributed by atoms with Crippen molar-refractivity contribution in [3.8, 4) is 0 Å². The lowest BCUT2D eigenvalue weighted by Gasteiger charge is -2.28. The molecule has 672 valence electrons. The van der Waals surface area contributed by atoms with Crippen molar-refractivity contribution < 1.29 is 19.8 Å². The molecule has 14 aromatic heterocycles. The SMILES string of the molecule is C.Cc1cc2c3cnc(Nc4ccc5c(n4)CCN(C(=O)CO)C5)nc3n(C3CCC(C)CC3)c2cn1.Cc1cc2c3cnc(Nc4ccc5c(n4)CCNC5)nc3n(C3CCC(C)CC3)c2cn1.O=C(CO)N1CCc2nc(Nc3ncc4c5ccccc5n(C5CCCC5)c4n3)ccc2C1.c1ccc2c(c1)c1cnc(Nc3ccc4c(n3)CCNC4)nc1n2C1CCCC1. The van der Waals surface area contributed by atoms with Gasteiger partial charge in [-0.1, -0.05) is 108 Å². The molecule has 0 bridgehead atoms. The van der Waals surface area contributed by atoms with Gasteiger partial charge in [-0.25, -0.2) is 39.9 Å². The van der Waals surface area contributed by atoms with E-state index < -0.39 is 13.2 Å². The Morgan fingerprint density at radius 3 is 1.04 bits per heavy atom. The number of aromatic nitrogens is 18. The molecule has 30 heteroatoms. The Hall–Kier alpha value is -13.2. The molecule has 131 heavy (non-hydrogen) atoms. The summed E-state index contributed by atoms with van der Waals surface area (Å²) < 4.78 is 9.64. The summed E-state index contributed by atoms with van der Waals surface area (Å²) in [6.45, 7) is 13.6. The molecule has 8 N–H and O–H groups in total. The number of aryl methyl sites for hydroxylation is 2. The first kappa shape index (κ1) is 85.9. The van der Waals surface area contributed by atoms with Crippen LogP contribution in [0.4, 0.5) is 47.1 Å². The Labute approximate surface area is 759 Å². The van der Waals surface area contributed by atoms with Crippen molar-refractivity contribution in [2.45, 2.75) is 214 Å². The summed E-state index contributed by atoms with van der Waals surface area (Å²) in [4.78, 5) is 93.7. The maximum Gasteiger partial charge on any atom is 0.248 e. The van der Waals surface area contributed by atoms with Crippen LogP contribution in [0, 0.1) is 25.7 Å². The van der Waals surface area contributed by atoms with E-state index in [1.807, 2.05) is 87.4 Å². The first-order valence-electron chi connectivity index (χ1n) is 46.7. The van der Waals surface area contributed by atoms with Crippen LogP contribution >= 0.6 is 0 Å². The Kier molecular flexibility index (Phi) is 24.5. The van der Waals surface area contributed by atoms with Crippen LogP contribution in [0.3, 0.4) is 0 Å².